The van der Waals surface area contributed by atoms with Crippen LogP contribution in [-0.2, 0) is 19.6 Å². The predicted molar refractivity (Wildman–Crippen MR) is 85.7 cm³/mol. The van der Waals surface area contributed by atoms with Crippen LogP contribution in [0.25, 0.3) is 0 Å². The fourth-order valence-electron chi connectivity index (χ4n) is 2.27. The van der Waals surface area contributed by atoms with Gasteiger partial charge < -0.3 is 9.84 Å². The third-order valence-electron chi connectivity index (χ3n) is 3.56. The van der Waals surface area contributed by atoms with Crippen LogP contribution in [0.3, 0.4) is 0 Å². The first-order chi connectivity index (χ1) is 10.7. The van der Waals surface area contributed by atoms with Crippen molar-refractivity contribution in [3.8, 4) is 5.75 Å². The smallest absolute Gasteiger partial charge is 0.119 e. The number of aromatic nitrogens is 3. The Hall–Kier alpha value is -1.88. The van der Waals surface area contributed by atoms with E-state index >= 15 is 0 Å². The molecule has 2 rings (SSSR count). The maximum absolute atomic E-state index is 9.40. The number of rotatable bonds is 9. The van der Waals surface area contributed by atoms with Crippen LogP contribution in [0, 0.1) is 5.92 Å². The van der Waals surface area contributed by atoms with Gasteiger partial charge in [0.05, 0.1) is 18.9 Å². The van der Waals surface area contributed by atoms with Gasteiger partial charge in [-0.05, 0) is 37.3 Å². The largest absolute Gasteiger partial charge is 0.494 e. The molecule has 5 heteroatoms. The van der Waals surface area contributed by atoms with Crippen molar-refractivity contribution in [2.45, 2.75) is 46.3 Å². The number of para-hydroxylation sites is 1. The normalized spacial score (nSPS) is 11.1. The van der Waals surface area contributed by atoms with Crippen molar-refractivity contribution in [2.24, 2.45) is 5.92 Å². The van der Waals surface area contributed by atoms with Crippen molar-refractivity contribution >= 4 is 0 Å². The molecule has 22 heavy (non-hydrogen) atoms. The Bertz CT molecular complexity index is 552. The zero-order valence-electron chi connectivity index (χ0n) is 13.4. The van der Waals surface area contributed by atoms with Crippen molar-refractivity contribution in [2.75, 3.05) is 6.61 Å². The highest BCUT2D eigenvalue weighted by molar-refractivity contribution is 5.20. The maximum Gasteiger partial charge on any atom is 0.119 e. The topological polar surface area (TPSA) is 60.2 Å². The molecule has 1 aromatic carbocycles. The number of nitrogens with zero attached hydrogens (tertiary/aromatic N) is 3. The van der Waals surface area contributed by atoms with Gasteiger partial charge in [0.2, 0.25) is 0 Å². The molecule has 0 atom stereocenters. The number of aliphatic hydroxyl groups is 1. The molecule has 0 aliphatic carbocycles. The molecule has 0 fully saturated rings. The summed E-state index contributed by atoms with van der Waals surface area (Å²) < 4.78 is 7.63. The first-order valence-corrected chi connectivity index (χ1v) is 7.90. The van der Waals surface area contributed by atoms with Gasteiger partial charge in [0.1, 0.15) is 11.4 Å². The molecule has 0 spiro atoms. The summed E-state index contributed by atoms with van der Waals surface area (Å²) in [5.41, 5.74) is 1.71. The Morgan fingerprint density at radius 3 is 2.68 bits per heavy atom. The van der Waals surface area contributed by atoms with Gasteiger partial charge in [-0.2, -0.15) is 0 Å². The summed E-state index contributed by atoms with van der Waals surface area (Å²) in [5, 5.41) is 17.6. The van der Waals surface area contributed by atoms with Gasteiger partial charge in [0, 0.05) is 6.54 Å². The quantitative estimate of drug-likeness (QED) is 0.724. The zero-order valence-corrected chi connectivity index (χ0v) is 13.4. The molecule has 1 N–H and O–H groups in total. The number of hydrogen-bond donors (Lipinski definition) is 1. The Balaban J connectivity index is 1.86. The van der Waals surface area contributed by atoms with E-state index in [1.807, 2.05) is 35.0 Å². The summed E-state index contributed by atoms with van der Waals surface area (Å²) in [6.45, 7) is 5.81. The van der Waals surface area contributed by atoms with Crippen molar-refractivity contribution < 1.29 is 9.84 Å². The molecule has 120 valence electrons. The van der Waals surface area contributed by atoms with Crippen LogP contribution in [0.2, 0.25) is 0 Å². The van der Waals surface area contributed by atoms with Gasteiger partial charge in [0.15, 0.2) is 0 Å². The molecule has 0 radical (unpaired) electrons. The minimum absolute atomic E-state index is 0.0590. The number of hydrogen-bond acceptors (Lipinski definition) is 4. The lowest BCUT2D eigenvalue weighted by molar-refractivity contribution is 0.274. The number of aryl methyl sites for hydroxylation is 1. The van der Waals surface area contributed by atoms with Gasteiger partial charge in [-0.25, -0.2) is 4.68 Å². The van der Waals surface area contributed by atoms with Crippen molar-refractivity contribution in [1.29, 1.82) is 0 Å². The van der Waals surface area contributed by atoms with Crippen LogP contribution in [-0.4, -0.2) is 26.7 Å². The summed E-state index contributed by atoms with van der Waals surface area (Å²) in [6.07, 6.45) is 2.74. The molecular formula is C17H25N3O2. The molecule has 0 saturated carbocycles. The van der Waals surface area contributed by atoms with E-state index in [1.54, 1.807) is 0 Å². The monoisotopic (exact) mass is 303 g/mol. The molecule has 0 bridgehead atoms. The summed E-state index contributed by atoms with van der Waals surface area (Å²) >= 11 is 0. The summed E-state index contributed by atoms with van der Waals surface area (Å²) in [4.78, 5) is 0. The van der Waals surface area contributed by atoms with E-state index in [0.717, 1.165) is 37.3 Å². The van der Waals surface area contributed by atoms with E-state index in [0.29, 0.717) is 18.2 Å². The minimum Gasteiger partial charge on any atom is -0.494 e. The first kappa shape index (κ1) is 16.5. The first-order valence-electron chi connectivity index (χ1n) is 7.90. The molecule has 5 nitrogen and oxygen atoms in total. The fraction of sp³-hybridized carbons (Fsp3) is 0.529. The molecule has 0 unspecified atom stereocenters. The van der Waals surface area contributed by atoms with Gasteiger partial charge >= 0.3 is 0 Å². The van der Waals surface area contributed by atoms with Gasteiger partial charge in [-0.3, -0.25) is 0 Å². The highest BCUT2D eigenvalue weighted by Crippen LogP contribution is 2.13. The molecule has 1 heterocycles. The minimum atomic E-state index is -0.0590. The standard InChI is InChI=1S/C17H25N3O2/c1-14(2)10-11-20-17(16(13-21)18-19-20)9-6-12-22-15-7-4-3-5-8-15/h3-5,7-8,14,21H,6,9-13H2,1-2H3. The SMILES string of the molecule is CC(C)CCn1nnc(CO)c1CCCOc1ccccc1. The van der Waals surface area contributed by atoms with Gasteiger partial charge in [0.25, 0.3) is 0 Å². The molecule has 0 aliphatic rings. The van der Waals surface area contributed by atoms with Gasteiger partial charge in [-0.15, -0.1) is 5.10 Å². The van der Waals surface area contributed by atoms with E-state index in [-0.39, 0.29) is 6.61 Å². The predicted octanol–water partition coefficient (Wildman–Crippen LogP) is 2.83. The van der Waals surface area contributed by atoms with E-state index in [9.17, 15) is 5.11 Å². The van der Waals surface area contributed by atoms with E-state index in [4.69, 9.17) is 4.74 Å². The Morgan fingerprint density at radius 1 is 1.23 bits per heavy atom. The average molecular weight is 303 g/mol. The highest BCUT2D eigenvalue weighted by atomic mass is 16.5. The number of aliphatic hydroxyl groups excluding tert-OH is 1. The van der Waals surface area contributed by atoms with Crippen molar-refractivity contribution in [3.05, 3.63) is 41.7 Å². The van der Waals surface area contributed by atoms with E-state index in [2.05, 4.69) is 24.2 Å². The lowest BCUT2D eigenvalue weighted by atomic mass is 10.1. The fourth-order valence-corrected chi connectivity index (χ4v) is 2.27. The summed E-state index contributed by atoms with van der Waals surface area (Å²) in [7, 11) is 0. The van der Waals surface area contributed by atoms with Crippen LogP contribution in [0.15, 0.2) is 30.3 Å². The van der Waals surface area contributed by atoms with Crippen LogP contribution in [0.5, 0.6) is 5.75 Å². The number of ether oxygens (including phenoxy) is 1. The lowest BCUT2D eigenvalue weighted by Crippen LogP contribution is -2.10. The third kappa shape index (κ3) is 4.84. The van der Waals surface area contributed by atoms with Crippen LogP contribution in [0.1, 0.15) is 38.1 Å². The highest BCUT2D eigenvalue weighted by Gasteiger charge is 2.12. The molecular weight excluding hydrogens is 278 g/mol. The van der Waals surface area contributed by atoms with Crippen molar-refractivity contribution in [3.63, 3.8) is 0 Å². The molecule has 2 aromatic rings. The lowest BCUT2D eigenvalue weighted by Gasteiger charge is -2.10. The second-order valence-corrected chi connectivity index (χ2v) is 5.81. The van der Waals surface area contributed by atoms with Crippen LogP contribution < -0.4 is 4.74 Å². The second-order valence-electron chi connectivity index (χ2n) is 5.81. The summed E-state index contributed by atoms with van der Waals surface area (Å²) in [5.74, 6) is 1.51. The zero-order chi connectivity index (χ0) is 15.8. The Labute approximate surface area is 131 Å². The maximum atomic E-state index is 9.40. The molecule has 0 saturated heterocycles. The molecule has 1 aromatic heterocycles. The Morgan fingerprint density at radius 2 is 2.00 bits per heavy atom. The van der Waals surface area contributed by atoms with Crippen molar-refractivity contribution in [1.82, 2.24) is 15.0 Å². The van der Waals surface area contributed by atoms with E-state index < -0.39 is 0 Å². The Kier molecular flexibility index (Phi) is 6.40. The molecule has 0 aliphatic heterocycles. The summed E-state index contributed by atoms with van der Waals surface area (Å²) in [6, 6.07) is 9.80. The molecule has 0 amide bonds. The number of benzene rings is 1. The second kappa shape index (κ2) is 8.54. The van der Waals surface area contributed by atoms with Crippen LogP contribution in [0.4, 0.5) is 0 Å². The van der Waals surface area contributed by atoms with E-state index in [1.165, 1.54) is 0 Å². The average Bonchev–Trinajstić information content (AvgIpc) is 2.92. The van der Waals surface area contributed by atoms with Gasteiger partial charge in [-0.1, -0.05) is 37.3 Å². The third-order valence-corrected chi connectivity index (χ3v) is 3.56. The van der Waals surface area contributed by atoms with Crippen LogP contribution >= 0.6 is 0 Å².